The molecule has 0 bridgehead atoms. The Kier molecular flexibility index (Phi) is 3.08. The summed E-state index contributed by atoms with van der Waals surface area (Å²) >= 11 is 0. The van der Waals surface area contributed by atoms with Crippen LogP contribution in [0.3, 0.4) is 0 Å². The van der Waals surface area contributed by atoms with E-state index in [-0.39, 0.29) is 6.04 Å². The second-order valence-corrected chi connectivity index (χ2v) is 1.52. The van der Waals surface area contributed by atoms with Gasteiger partial charge in [-0.1, -0.05) is 6.92 Å². The fourth-order valence-electron chi connectivity index (χ4n) is 0.0962. The van der Waals surface area contributed by atoms with E-state index >= 15 is 0 Å². The molecule has 0 heterocycles. The van der Waals surface area contributed by atoms with Crippen molar-refractivity contribution in [1.82, 2.24) is 0 Å². The molecule has 0 aromatic rings. The first-order chi connectivity index (χ1) is 2.81. The number of hydrogen-bond donors (Lipinski definition) is 1. The van der Waals surface area contributed by atoms with E-state index in [1.807, 2.05) is 13.8 Å². The van der Waals surface area contributed by atoms with Crippen LogP contribution in [0.5, 0.6) is 0 Å². The Labute approximate surface area is 38.1 Å². The summed E-state index contributed by atoms with van der Waals surface area (Å²) in [7, 11) is 0. The summed E-state index contributed by atoms with van der Waals surface area (Å²) in [4.78, 5) is 0. The number of nitrogens with two attached hydrogens (primary N) is 1. The normalized spacial score (nSPS) is 14.5. The van der Waals surface area contributed by atoms with E-state index in [1.54, 1.807) is 0 Å². The molecule has 38 valence electrons. The maximum absolute atomic E-state index is 9.74. The van der Waals surface area contributed by atoms with Crippen LogP contribution in [0, 0.1) is 5.21 Å². The molecule has 0 radical (unpaired) electrons. The lowest BCUT2D eigenvalue weighted by Gasteiger charge is -2.06. The van der Waals surface area contributed by atoms with Crippen molar-refractivity contribution >= 4 is 0 Å². The van der Waals surface area contributed by atoms with Crippen LogP contribution in [-0.4, -0.2) is 6.04 Å². The first-order valence-electron chi connectivity index (χ1n) is 2.26. The highest BCUT2D eigenvalue weighted by Gasteiger charge is 1.88. The number of rotatable bonds is 2. The molecule has 1 unspecified atom stereocenters. The zero-order valence-electron chi connectivity index (χ0n) is 4.27. The van der Waals surface area contributed by atoms with E-state index in [2.05, 4.69) is 0 Å². The van der Waals surface area contributed by atoms with Crippen molar-refractivity contribution in [3.63, 3.8) is 0 Å². The molecule has 0 rings (SSSR count). The van der Waals surface area contributed by atoms with Gasteiger partial charge in [0.05, 0.1) is 6.04 Å². The van der Waals surface area contributed by atoms with Crippen LogP contribution in [0.4, 0.5) is 0 Å². The predicted octanol–water partition coefficient (Wildman–Crippen LogP) is -0.154. The molecule has 0 fully saturated rings. The average Bonchev–Trinajstić information content (AvgIpc) is 1.65. The van der Waals surface area contributed by atoms with Gasteiger partial charge in [-0.25, -0.2) is 0 Å². The molecular formula is C4H11NO. The van der Waals surface area contributed by atoms with Crippen molar-refractivity contribution in [2.45, 2.75) is 26.3 Å². The Balaban J connectivity index is 2.75. The summed E-state index contributed by atoms with van der Waals surface area (Å²) in [6.45, 7) is 3.91. The third-order valence-electron chi connectivity index (χ3n) is 0.876. The van der Waals surface area contributed by atoms with Crippen molar-refractivity contribution in [2.24, 2.45) is 0 Å². The van der Waals surface area contributed by atoms with E-state index in [9.17, 15) is 5.21 Å². The summed E-state index contributed by atoms with van der Waals surface area (Å²) < 4.78 is 0. The Hall–Kier alpha value is -0.0800. The Bertz CT molecular complexity index is 26.7. The van der Waals surface area contributed by atoms with Crippen LogP contribution in [0.1, 0.15) is 20.3 Å². The molecule has 2 heteroatoms. The van der Waals surface area contributed by atoms with Gasteiger partial charge in [-0.2, -0.15) is 0 Å². The third kappa shape index (κ3) is 2.18. The van der Waals surface area contributed by atoms with Gasteiger partial charge in [0.2, 0.25) is 0 Å². The number of hydrogen-bond acceptors (Lipinski definition) is 1. The van der Waals surface area contributed by atoms with E-state index < -0.39 is 0 Å². The molecule has 2 nitrogen and oxygen atoms in total. The first kappa shape index (κ1) is 5.92. The maximum Gasteiger partial charge on any atom is 0.0825 e. The molecule has 1 atom stereocenters. The van der Waals surface area contributed by atoms with Crippen LogP contribution >= 0.6 is 0 Å². The fourth-order valence-corrected chi connectivity index (χ4v) is 0.0962. The predicted molar refractivity (Wildman–Crippen MR) is 25.0 cm³/mol. The van der Waals surface area contributed by atoms with Crippen molar-refractivity contribution in [1.29, 1.82) is 0 Å². The first-order valence-corrected chi connectivity index (χ1v) is 2.26. The van der Waals surface area contributed by atoms with Gasteiger partial charge in [0.1, 0.15) is 0 Å². The second-order valence-electron chi connectivity index (χ2n) is 1.52. The Morgan fingerprint density at radius 3 is 2.33 bits per heavy atom. The van der Waals surface area contributed by atoms with Gasteiger partial charge in [-0.3, -0.25) is 0 Å². The summed E-state index contributed by atoms with van der Waals surface area (Å²) in [5.74, 6) is 0. The lowest BCUT2D eigenvalue weighted by atomic mass is 10.3. The van der Waals surface area contributed by atoms with Gasteiger partial charge in [0, 0.05) is 0 Å². The highest BCUT2D eigenvalue weighted by Crippen LogP contribution is 1.75. The maximum atomic E-state index is 9.74. The minimum atomic E-state index is 0.255. The highest BCUT2D eigenvalue weighted by molar-refractivity contribution is 4.35. The van der Waals surface area contributed by atoms with Gasteiger partial charge in [-0.15, -0.1) is 0 Å². The number of hydroxylamine groups is 1. The highest BCUT2D eigenvalue weighted by atomic mass is 16.5. The quantitative estimate of drug-likeness (QED) is 0.469. The van der Waals surface area contributed by atoms with Crippen LogP contribution in [-0.2, 0) is 0 Å². The molecule has 6 heavy (non-hydrogen) atoms. The van der Waals surface area contributed by atoms with Crippen molar-refractivity contribution in [2.75, 3.05) is 0 Å². The minimum absolute atomic E-state index is 0.255. The standard InChI is InChI=1S/C4H11NO/c1-3-4(2)5-6/h4H,3,5H2,1-2H3. The third-order valence-corrected chi connectivity index (χ3v) is 0.876. The van der Waals surface area contributed by atoms with Crippen LogP contribution in [0.25, 0.3) is 0 Å². The second kappa shape index (κ2) is 3.12. The van der Waals surface area contributed by atoms with Gasteiger partial charge < -0.3 is 10.7 Å². The lowest BCUT2D eigenvalue weighted by Crippen LogP contribution is -2.82. The van der Waals surface area contributed by atoms with E-state index in [4.69, 9.17) is 0 Å². The van der Waals surface area contributed by atoms with Crippen molar-refractivity contribution in [3.05, 3.63) is 5.21 Å². The minimum Gasteiger partial charge on any atom is -0.636 e. The zero-order valence-corrected chi connectivity index (χ0v) is 4.27. The molecule has 0 saturated carbocycles. The summed E-state index contributed by atoms with van der Waals surface area (Å²) in [6.07, 6.45) is 0.962. The molecule has 0 aromatic carbocycles. The monoisotopic (exact) mass is 89.1 g/mol. The van der Waals surface area contributed by atoms with Gasteiger partial charge in [0.15, 0.2) is 0 Å². The average molecular weight is 89.1 g/mol. The lowest BCUT2D eigenvalue weighted by molar-refractivity contribution is -0.623. The van der Waals surface area contributed by atoms with Gasteiger partial charge in [0.25, 0.3) is 0 Å². The largest absolute Gasteiger partial charge is 0.636 e. The number of quaternary nitrogens is 1. The molecule has 0 aliphatic carbocycles. The Morgan fingerprint density at radius 1 is 1.83 bits per heavy atom. The molecule has 0 aliphatic rings. The molecule has 0 aliphatic heterocycles. The molecule has 0 saturated heterocycles. The topological polar surface area (TPSA) is 39.7 Å². The van der Waals surface area contributed by atoms with Crippen LogP contribution in [0.15, 0.2) is 0 Å². The molecule has 0 amide bonds. The SMILES string of the molecule is CCC(C)[NH2+][O-]. The van der Waals surface area contributed by atoms with Crippen LogP contribution < -0.4 is 5.48 Å². The van der Waals surface area contributed by atoms with E-state index in [0.29, 0.717) is 0 Å². The van der Waals surface area contributed by atoms with Crippen LogP contribution in [0.2, 0.25) is 0 Å². The molecule has 0 aromatic heterocycles. The molecular weight excluding hydrogens is 78.0 g/mol. The summed E-state index contributed by atoms with van der Waals surface area (Å²) in [5, 5.41) is 9.74. The van der Waals surface area contributed by atoms with Gasteiger partial charge in [-0.05, 0) is 13.3 Å². The Morgan fingerprint density at radius 2 is 2.33 bits per heavy atom. The summed E-state index contributed by atoms with van der Waals surface area (Å²) in [5.41, 5.74) is 0.972. The van der Waals surface area contributed by atoms with Crippen molar-refractivity contribution in [3.8, 4) is 0 Å². The van der Waals surface area contributed by atoms with E-state index in [0.717, 1.165) is 11.9 Å². The molecule has 2 N–H and O–H groups in total. The summed E-state index contributed by atoms with van der Waals surface area (Å²) in [6, 6.07) is 0.255. The zero-order chi connectivity index (χ0) is 4.99. The molecule has 0 spiro atoms. The van der Waals surface area contributed by atoms with Gasteiger partial charge >= 0.3 is 0 Å². The fraction of sp³-hybridized carbons (Fsp3) is 1.00. The van der Waals surface area contributed by atoms with Crippen molar-refractivity contribution < 1.29 is 5.48 Å². The van der Waals surface area contributed by atoms with E-state index in [1.165, 1.54) is 0 Å². The smallest absolute Gasteiger partial charge is 0.0825 e.